The number of rotatable bonds is 7. The maximum atomic E-state index is 13.3. The fraction of sp³-hybridized carbons (Fsp3) is 0.476. The molecule has 1 N–H and O–H groups in total. The van der Waals surface area contributed by atoms with Gasteiger partial charge in [-0.15, -0.1) is 11.3 Å². The number of nitrogens with zero attached hydrogens (tertiary/aromatic N) is 2. The Labute approximate surface area is 169 Å². The van der Waals surface area contributed by atoms with Crippen molar-refractivity contribution in [1.29, 1.82) is 0 Å². The van der Waals surface area contributed by atoms with Crippen molar-refractivity contribution < 1.29 is 14.0 Å². The number of benzene rings is 1. The van der Waals surface area contributed by atoms with Gasteiger partial charge in [0.2, 0.25) is 11.8 Å². The molecule has 0 aliphatic carbocycles. The molecule has 2 amide bonds. The minimum atomic E-state index is -0.273. The molecule has 0 radical (unpaired) electrons. The molecule has 1 saturated heterocycles. The molecule has 150 valence electrons. The summed E-state index contributed by atoms with van der Waals surface area (Å²) in [6, 6.07) is 6.42. The number of amides is 2. The lowest BCUT2D eigenvalue weighted by Crippen LogP contribution is -2.46. The molecule has 5 nitrogen and oxygen atoms in total. The van der Waals surface area contributed by atoms with Crippen molar-refractivity contribution in [3.05, 3.63) is 51.2 Å². The summed E-state index contributed by atoms with van der Waals surface area (Å²) in [4.78, 5) is 32.1. The minimum Gasteiger partial charge on any atom is -0.355 e. The third kappa shape index (κ3) is 5.38. The van der Waals surface area contributed by atoms with Crippen molar-refractivity contribution >= 4 is 23.2 Å². The number of piperidine rings is 1. The van der Waals surface area contributed by atoms with Crippen LogP contribution in [0.3, 0.4) is 0 Å². The molecule has 1 atom stereocenters. The molecular formula is C21H26FN3O2S. The summed E-state index contributed by atoms with van der Waals surface area (Å²) in [5, 5.41) is 4.02. The predicted molar refractivity (Wildman–Crippen MR) is 108 cm³/mol. The van der Waals surface area contributed by atoms with Crippen molar-refractivity contribution in [3.8, 4) is 0 Å². The van der Waals surface area contributed by atoms with Crippen LogP contribution in [-0.4, -0.2) is 41.3 Å². The van der Waals surface area contributed by atoms with Crippen LogP contribution in [0.5, 0.6) is 0 Å². The van der Waals surface area contributed by atoms with E-state index in [1.54, 1.807) is 22.3 Å². The van der Waals surface area contributed by atoms with E-state index in [2.05, 4.69) is 10.3 Å². The van der Waals surface area contributed by atoms with E-state index in [1.165, 1.54) is 17.0 Å². The van der Waals surface area contributed by atoms with E-state index >= 15 is 0 Å². The number of nitrogens with one attached hydrogen (secondary N) is 1. The van der Waals surface area contributed by atoms with Gasteiger partial charge in [0.15, 0.2) is 0 Å². The molecule has 1 aromatic heterocycles. The van der Waals surface area contributed by atoms with E-state index in [-0.39, 0.29) is 23.5 Å². The van der Waals surface area contributed by atoms with Crippen LogP contribution in [-0.2, 0) is 22.4 Å². The highest BCUT2D eigenvalue weighted by Crippen LogP contribution is 2.19. The van der Waals surface area contributed by atoms with E-state index in [1.807, 2.05) is 19.9 Å². The van der Waals surface area contributed by atoms with E-state index < -0.39 is 0 Å². The number of hydrogen-bond donors (Lipinski definition) is 1. The Morgan fingerprint density at radius 3 is 2.89 bits per heavy atom. The lowest BCUT2D eigenvalue weighted by molar-refractivity contribution is -0.138. The van der Waals surface area contributed by atoms with Gasteiger partial charge < -0.3 is 10.2 Å². The van der Waals surface area contributed by atoms with E-state index in [4.69, 9.17) is 0 Å². The fourth-order valence-corrected chi connectivity index (χ4v) is 4.32. The van der Waals surface area contributed by atoms with Crippen molar-refractivity contribution in [2.75, 3.05) is 19.6 Å². The Balaban J connectivity index is 1.47. The molecule has 0 spiro atoms. The summed E-state index contributed by atoms with van der Waals surface area (Å²) >= 11 is 1.67. The van der Waals surface area contributed by atoms with Gasteiger partial charge in [-0.2, -0.15) is 0 Å². The average molecular weight is 404 g/mol. The smallest absolute Gasteiger partial charge is 0.224 e. The molecule has 0 unspecified atom stereocenters. The van der Waals surface area contributed by atoms with Gasteiger partial charge in [0.05, 0.1) is 16.6 Å². The average Bonchev–Trinajstić information content (AvgIpc) is 2.98. The van der Waals surface area contributed by atoms with Gasteiger partial charge >= 0.3 is 0 Å². The van der Waals surface area contributed by atoms with E-state index in [0.29, 0.717) is 38.9 Å². The second-order valence-electron chi connectivity index (χ2n) is 7.25. The third-order valence-corrected chi connectivity index (χ3v) is 6.27. The van der Waals surface area contributed by atoms with E-state index in [9.17, 15) is 14.0 Å². The molecule has 28 heavy (non-hydrogen) atoms. The standard InChI is InChI=1S/C21H26FN3O2S/c1-14-15(2)28-19(24-14)8-10-23-21(27)17-6-7-20(26)25(13-17)11-9-16-4-3-5-18(22)12-16/h3-5,12,17H,6-11,13H2,1-2H3,(H,23,27)/t17-/m0/s1. The van der Waals surface area contributed by atoms with Gasteiger partial charge in [-0.25, -0.2) is 9.37 Å². The molecule has 1 fully saturated rings. The van der Waals surface area contributed by atoms with Crippen LogP contribution in [0.4, 0.5) is 4.39 Å². The second kappa shape index (κ2) is 9.28. The number of halogens is 1. The molecule has 0 saturated carbocycles. The maximum absolute atomic E-state index is 13.3. The predicted octanol–water partition coefficient (Wildman–Crippen LogP) is 3.04. The molecule has 0 bridgehead atoms. The maximum Gasteiger partial charge on any atom is 0.224 e. The molecule has 3 rings (SSSR count). The van der Waals surface area contributed by atoms with Crippen LogP contribution in [0.15, 0.2) is 24.3 Å². The first-order chi connectivity index (χ1) is 13.4. The normalized spacial score (nSPS) is 17.0. The van der Waals surface area contributed by atoms with Gasteiger partial charge in [-0.05, 0) is 44.4 Å². The Bertz CT molecular complexity index is 832. The number of carbonyl (C=O) groups excluding carboxylic acids is 2. The highest BCUT2D eigenvalue weighted by atomic mass is 32.1. The summed E-state index contributed by atoms with van der Waals surface area (Å²) in [5.41, 5.74) is 1.90. The molecule has 2 aromatic rings. The summed E-state index contributed by atoms with van der Waals surface area (Å²) in [6.45, 7) is 5.52. The lowest BCUT2D eigenvalue weighted by atomic mass is 9.96. The van der Waals surface area contributed by atoms with Crippen molar-refractivity contribution in [1.82, 2.24) is 15.2 Å². The number of aryl methyl sites for hydroxylation is 2. The molecule has 1 aliphatic heterocycles. The van der Waals surface area contributed by atoms with E-state index in [0.717, 1.165) is 22.7 Å². The first-order valence-electron chi connectivity index (χ1n) is 9.65. The van der Waals surface area contributed by atoms with Crippen molar-refractivity contribution in [2.24, 2.45) is 5.92 Å². The summed E-state index contributed by atoms with van der Waals surface area (Å²) < 4.78 is 13.3. The number of hydrogen-bond acceptors (Lipinski definition) is 4. The van der Waals surface area contributed by atoms with Crippen LogP contribution in [0.1, 0.15) is 34.0 Å². The van der Waals surface area contributed by atoms with Gasteiger partial charge in [0.1, 0.15) is 5.82 Å². The fourth-order valence-electron chi connectivity index (χ4n) is 3.38. The number of likely N-dealkylation sites (tertiary alicyclic amines) is 1. The van der Waals surface area contributed by atoms with Crippen LogP contribution in [0.2, 0.25) is 0 Å². The summed E-state index contributed by atoms with van der Waals surface area (Å²) in [5.74, 6) is -0.405. The molecule has 1 aliphatic rings. The highest BCUT2D eigenvalue weighted by molar-refractivity contribution is 7.11. The Kier molecular flexibility index (Phi) is 6.78. The topological polar surface area (TPSA) is 62.3 Å². The minimum absolute atomic E-state index is 0.00624. The second-order valence-corrected chi connectivity index (χ2v) is 8.53. The SMILES string of the molecule is Cc1nc(CCNC(=O)[C@H]2CCC(=O)N(CCc3cccc(F)c3)C2)sc1C. The van der Waals surface area contributed by atoms with Gasteiger partial charge in [0.25, 0.3) is 0 Å². The first-order valence-corrected chi connectivity index (χ1v) is 10.5. The number of carbonyl (C=O) groups is 2. The zero-order valence-electron chi connectivity index (χ0n) is 16.3. The monoisotopic (exact) mass is 403 g/mol. The highest BCUT2D eigenvalue weighted by Gasteiger charge is 2.29. The quantitative estimate of drug-likeness (QED) is 0.773. The zero-order valence-corrected chi connectivity index (χ0v) is 17.2. The van der Waals surface area contributed by atoms with Crippen molar-refractivity contribution in [3.63, 3.8) is 0 Å². The Morgan fingerprint density at radius 2 is 2.18 bits per heavy atom. The van der Waals surface area contributed by atoms with Crippen LogP contribution in [0.25, 0.3) is 0 Å². The summed E-state index contributed by atoms with van der Waals surface area (Å²) in [7, 11) is 0. The van der Waals surface area contributed by atoms with Gasteiger partial charge in [0, 0.05) is 37.4 Å². The Hall–Kier alpha value is -2.28. The third-order valence-electron chi connectivity index (χ3n) is 5.14. The number of thiazole rings is 1. The Morgan fingerprint density at radius 1 is 1.36 bits per heavy atom. The first kappa shape index (κ1) is 20.5. The lowest BCUT2D eigenvalue weighted by Gasteiger charge is -2.32. The van der Waals surface area contributed by atoms with Crippen molar-refractivity contribution in [2.45, 2.75) is 39.5 Å². The van der Waals surface area contributed by atoms with Crippen LogP contribution < -0.4 is 5.32 Å². The molecule has 7 heteroatoms. The van der Waals surface area contributed by atoms with Crippen LogP contribution >= 0.6 is 11.3 Å². The summed E-state index contributed by atoms with van der Waals surface area (Å²) in [6.07, 6.45) is 2.27. The zero-order chi connectivity index (χ0) is 20.1. The number of aromatic nitrogens is 1. The van der Waals surface area contributed by atoms with Crippen LogP contribution in [0, 0.1) is 25.6 Å². The van der Waals surface area contributed by atoms with Gasteiger partial charge in [-0.1, -0.05) is 12.1 Å². The molecule has 2 heterocycles. The largest absolute Gasteiger partial charge is 0.355 e. The van der Waals surface area contributed by atoms with Gasteiger partial charge in [-0.3, -0.25) is 9.59 Å². The molecular weight excluding hydrogens is 377 g/mol. The molecule has 1 aromatic carbocycles.